The van der Waals surface area contributed by atoms with Gasteiger partial charge in [-0.15, -0.1) is 0 Å². The number of aromatic amines is 1. The summed E-state index contributed by atoms with van der Waals surface area (Å²) in [5, 5.41) is 18.1. The topological polar surface area (TPSA) is 109 Å². The maximum Gasteiger partial charge on any atom is 0.231 e. The monoisotopic (exact) mass is 313 g/mol. The van der Waals surface area contributed by atoms with Gasteiger partial charge in [0.1, 0.15) is 5.52 Å². The largest absolute Gasteiger partial charge is 0.454 e. The summed E-state index contributed by atoms with van der Waals surface area (Å²) in [6.07, 6.45) is 2.90. The van der Waals surface area contributed by atoms with Crippen LogP contribution in [0.3, 0.4) is 0 Å². The third-order valence-electron chi connectivity index (χ3n) is 3.77. The number of aliphatic hydroxyl groups is 1. The van der Waals surface area contributed by atoms with Gasteiger partial charge >= 0.3 is 0 Å². The third kappa shape index (κ3) is 2.53. The van der Waals surface area contributed by atoms with E-state index in [1.54, 1.807) is 4.57 Å². The molecule has 3 N–H and O–H groups in total. The first-order chi connectivity index (χ1) is 11.2. The Hall–Kier alpha value is -2.87. The fraction of sp³-hybridized carbons (Fsp3) is 0.267. The van der Waals surface area contributed by atoms with Crippen molar-refractivity contribution in [3.8, 4) is 11.5 Å². The molecule has 0 radical (unpaired) electrons. The summed E-state index contributed by atoms with van der Waals surface area (Å²) in [7, 11) is 0. The van der Waals surface area contributed by atoms with Crippen molar-refractivity contribution in [2.75, 3.05) is 6.79 Å². The van der Waals surface area contributed by atoms with Crippen molar-refractivity contribution in [2.45, 2.75) is 19.1 Å². The molecule has 1 aromatic carbocycles. The molecule has 3 aromatic rings. The van der Waals surface area contributed by atoms with Crippen molar-refractivity contribution in [3.05, 3.63) is 41.9 Å². The lowest BCUT2D eigenvalue weighted by Gasteiger charge is -2.13. The standard InChI is InChI=1S/C15H15N5O3/c16-14-13-15(18-6-17-13)20(7-19-14)5-10(21)3-9-1-2-11-12(4-9)23-8-22-11/h1-2,4,6-7,10,16,21H,3,5,8H2,(H,17,18). The molecule has 3 heterocycles. The Labute approximate surface area is 130 Å². The number of benzene rings is 1. The molecule has 4 rings (SSSR count). The lowest BCUT2D eigenvalue weighted by atomic mass is 10.1. The number of hydrogen-bond donors (Lipinski definition) is 3. The minimum absolute atomic E-state index is 0.138. The first-order valence-electron chi connectivity index (χ1n) is 7.20. The highest BCUT2D eigenvalue weighted by molar-refractivity contribution is 5.68. The number of nitrogens with one attached hydrogen (secondary N) is 2. The zero-order valence-corrected chi connectivity index (χ0v) is 12.2. The molecule has 0 saturated carbocycles. The second kappa shape index (κ2) is 5.40. The van der Waals surface area contributed by atoms with E-state index in [9.17, 15) is 5.11 Å². The summed E-state index contributed by atoms with van der Waals surface area (Å²) in [6.45, 7) is 0.572. The van der Waals surface area contributed by atoms with Gasteiger partial charge in [0, 0.05) is 6.42 Å². The summed E-state index contributed by atoms with van der Waals surface area (Å²) >= 11 is 0. The lowest BCUT2D eigenvalue weighted by Crippen LogP contribution is -2.21. The van der Waals surface area contributed by atoms with E-state index in [0.717, 1.165) is 11.3 Å². The molecule has 8 nitrogen and oxygen atoms in total. The third-order valence-corrected chi connectivity index (χ3v) is 3.77. The van der Waals surface area contributed by atoms with Crippen molar-refractivity contribution < 1.29 is 14.6 Å². The van der Waals surface area contributed by atoms with Gasteiger partial charge in [0.15, 0.2) is 22.6 Å². The van der Waals surface area contributed by atoms with Crippen molar-refractivity contribution in [3.63, 3.8) is 0 Å². The number of ether oxygens (including phenoxy) is 2. The van der Waals surface area contributed by atoms with Crippen LogP contribution in [0.15, 0.2) is 30.9 Å². The molecular formula is C15H15N5O3. The van der Waals surface area contributed by atoms with Gasteiger partial charge < -0.3 is 24.1 Å². The van der Waals surface area contributed by atoms with E-state index in [1.807, 2.05) is 18.2 Å². The highest BCUT2D eigenvalue weighted by atomic mass is 16.7. The quantitative estimate of drug-likeness (QED) is 0.652. The van der Waals surface area contributed by atoms with Crippen LogP contribution in [0.1, 0.15) is 5.56 Å². The maximum absolute atomic E-state index is 10.4. The molecule has 2 aromatic heterocycles. The number of fused-ring (bicyclic) bond motifs is 2. The van der Waals surface area contributed by atoms with Crippen LogP contribution in [0.25, 0.3) is 11.2 Å². The highest BCUT2D eigenvalue weighted by Crippen LogP contribution is 2.32. The number of imidazole rings is 1. The van der Waals surface area contributed by atoms with Gasteiger partial charge in [0.2, 0.25) is 6.79 Å². The minimum atomic E-state index is -0.612. The number of rotatable bonds is 4. The predicted molar refractivity (Wildman–Crippen MR) is 80.0 cm³/mol. The minimum Gasteiger partial charge on any atom is -0.454 e. The van der Waals surface area contributed by atoms with Crippen LogP contribution in [-0.4, -0.2) is 37.5 Å². The summed E-state index contributed by atoms with van der Waals surface area (Å²) < 4.78 is 12.4. The number of aliphatic hydroxyl groups excluding tert-OH is 1. The Morgan fingerprint density at radius 2 is 2.17 bits per heavy atom. The molecule has 118 valence electrons. The van der Waals surface area contributed by atoms with Gasteiger partial charge in [-0.1, -0.05) is 6.07 Å². The molecular weight excluding hydrogens is 298 g/mol. The molecule has 1 aliphatic heterocycles. The number of nitrogens with zero attached hydrogens (tertiary/aromatic N) is 3. The molecule has 8 heteroatoms. The smallest absolute Gasteiger partial charge is 0.231 e. The number of aromatic nitrogens is 4. The molecule has 0 saturated heterocycles. The van der Waals surface area contributed by atoms with Gasteiger partial charge in [-0.2, -0.15) is 0 Å². The molecule has 0 aliphatic carbocycles. The molecule has 0 spiro atoms. The number of H-pyrrole nitrogens is 1. The highest BCUT2D eigenvalue weighted by Gasteiger charge is 2.15. The van der Waals surface area contributed by atoms with Gasteiger partial charge in [0.05, 0.1) is 25.3 Å². The SMILES string of the molecule is N=c1ncn(CC(O)Cc2ccc3c(c2)OCO3)c2nc[nH]c12. The van der Waals surface area contributed by atoms with E-state index in [4.69, 9.17) is 14.9 Å². The lowest BCUT2D eigenvalue weighted by molar-refractivity contribution is 0.155. The van der Waals surface area contributed by atoms with Gasteiger partial charge in [-0.3, -0.25) is 5.41 Å². The molecule has 0 fully saturated rings. The predicted octanol–water partition coefficient (Wildman–Crippen LogP) is 0.571. The fourth-order valence-corrected chi connectivity index (χ4v) is 2.69. The Morgan fingerprint density at radius 1 is 1.30 bits per heavy atom. The van der Waals surface area contributed by atoms with Crippen LogP contribution in [0.2, 0.25) is 0 Å². The van der Waals surface area contributed by atoms with Gasteiger partial charge in [-0.25, -0.2) is 9.97 Å². The van der Waals surface area contributed by atoms with E-state index in [1.165, 1.54) is 12.7 Å². The summed E-state index contributed by atoms with van der Waals surface area (Å²) in [5.41, 5.74) is 2.27. The van der Waals surface area contributed by atoms with Gasteiger partial charge in [-0.05, 0) is 17.7 Å². The van der Waals surface area contributed by atoms with Crippen LogP contribution in [0.5, 0.6) is 11.5 Å². The molecule has 0 bridgehead atoms. The second-order valence-corrected chi connectivity index (χ2v) is 5.39. The van der Waals surface area contributed by atoms with Crippen LogP contribution < -0.4 is 15.0 Å². The van der Waals surface area contributed by atoms with E-state index in [0.29, 0.717) is 29.9 Å². The van der Waals surface area contributed by atoms with Crippen molar-refractivity contribution in [1.82, 2.24) is 19.5 Å². The number of hydrogen-bond acceptors (Lipinski definition) is 6. The van der Waals surface area contributed by atoms with E-state index in [-0.39, 0.29) is 12.3 Å². The summed E-state index contributed by atoms with van der Waals surface area (Å²) in [5.74, 6) is 1.43. The summed E-state index contributed by atoms with van der Waals surface area (Å²) in [4.78, 5) is 11.1. The van der Waals surface area contributed by atoms with Crippen LogP contribution in [0, 0.1) is 5.41 Å². The van der Waals surface area contributed by atoms with Gasteiger partial charge in [0.25, 0.3) is 0 Å². The molecule has 1 unspecified atom stereocenters. The average molecular weight is 313 g/mol. The maximum atomic E-state index is 10.4. The van der Waals surface area contributed by atoms with E-state index in [2.05, 4.69) is 15.0 Å². The molecule has 1 aliphatic rings. The molecule has 23 heavy (non-hydrogen) atoms. The van der Waals surface area contributed by atoms with Crippen LogP contribution >= 0.6 is 0 Å². The Balaban J connectivity index is 1.53. The van der Waals surface area contributed by atoms with Crippen molar-refractivity contribution >= 4 is 11.2 Å². The zero-order chi connectivity index (χ0) is 15.8. The zero-order valence-electron chi connectivity index (χ0n) is 12.2. The Morgan fingerprint density at radius 3 is 3.09 bits per heavy atom. The Kier molecular flexibility index (Phi) is 3.23. The molecule has 0 amide bonds. The normalized spacial score (nSPS) is 14.3. The van der Waals surface area contributed by atoms with Crippen LogP contribution in [-0.2, 0) is 13.0 Å². The average Bonchev–Trinajstić information content (AvgIpc) is 3.18. The first kappa shape index (κ1) is 13.8. The first-order valence-corrected chi connectivity index (χ1v) is 7.20. The fourth-order valence-electron chi connectivity index (χ4n) is 2.69. The van der Waals surface area contributed by atoms with Crippen molar-refractivity contribution in [2.24, 2.45) is 0 Å². The van der Waals surface area contributed by atoms with E-state index >= 15 is 0 Å². The Bertz CT molecular complexity index is 917. The summed E-state index contributed by atoms with van der Waals surface area (Å²) in [6, 6.07) is 5.64. The van der Waals surface area contributed by atoms with Crippen LogP contribution in [0.4, 0.5) is 0 Å². The van der Waals surface area contributed by atoms with Crippen molar-refractivity contribution in [1.29, 1.82) is 5.41 Å². The van der Waals surface area contributed by atoms with E-state index < -0.39 is 6.10 Å². The molecule has 1 atom stereocenters. The second-order valence-electron chi connectivity index (χ2n) is 5.39.